The van der Waals surface area contributed by atoms with Crippen molar-refractivity contribution in [2.24, 2.45) is 0 Å². The van der Waals surface area contributed by atoms with Crippen LogP contribution in [0.3, 0.4) is 0 Å². The van der Waals surface area contributed by atoms with Crippen LogP contribution in [0.1, 0.15) is 5.01 Å². The van der Waals surface area contributed by atoms with Gasteiger partial charge in [0.1, 0.15) is 18.4 Å². The van der Waals surface area contributed by atoms with Gasteiger partial charge in [0.2, 0.25) is 0 Å². The Bertz CT molecular complexity index is 1100. The van der Waals surface area contributed by atoms with Crippen LogP contribution < -0.4 is 9.04 Å². The number of nitriles is 1. The van der Waals surface area contributed by atoms with Gasteiger partial charge in [-0.3, -0.25) is 4.31 Å². The molecule has 26 heavy (non-hydrogen) atoms. The van der Waals surface area contributed by atoms with Gasteiger partial charge in [-0.1, -0.05) is 18.2 Å². The maximum absolute atomic E-state index is 13.1. The first kappa shape index (κ1) is 16.6. The first-order valence-electron chi connectivity index (χ1n) is 7.80. The molecular formula is C18H13N3O3S2. The number of nitrogens with zero attached hydrogens (tertiary/aromatic N) is 3. The minimum Gasteiger partial charge on any atom is -0.489 e. The zero-order valence-electron chi connectivity index (χ0n) is 13.5. The third-order valence-corrected chi connectivity index (χ3v) is 6.58. The van der Waals surface area contributed by atoms with Crippen molar-refractivity contribution in [1.29, 1.82) is 5.26 Å². The summed E-state index contributed by atoms with van der Waals surface area (Å²) in [5.41, 5.74) is 1.85. The van der Waals surface area contributed by atoms with Gasteiger partial charge in [-0.05, 0) is 30.3 Å². The fraction of sp³-hybridized carbons (Fsp3) is 0.111. The topological polar surface area (TPSA) is 83.3 Å². The number of benzene rings is 2. The average molecular weight is 383 g/mol. The van der Waals surface area contributed by atoms with Crippen LogP contribution in [-0.2, 0) is 10.0 Å². The van der Waals surface area contributed by atoms with Gasteiger partial charge >= 0.3 is 0 Å². The van der Waals surface area contributed by atoms with Gasteiger partial charge in [0.05, 0.1) is 22.8 Å². The van der Waals surface area contributed by atoms with Gasteiger partial charge in [-0.15, -0.1) is 11.3 Å². The van der Waals surface area contributed by atoms with Crippen molar-refractivity contribution in [3.05, 3.63) is 58.9 Å². The molecular weight excluding hydrogens is 370 g/mol. The average Bonchev–Trinajstić information content (AvgIpc) is 3.17. The van der Waals surface area contributed by atoms with Gasteiger partial charge in [0, 0.05) is 10.9 Å². The molecule has 2 heterocycles. The molecule has 8 heteroatoms. The van der Waals surface area contributed by atoms with Gasteiger partial charge in [0.15, 0.2) is 5.01 Å². The molecule has 0 fully saturated rings. The fourth-order valence-corrected chi connectivity index (χ4v) is 4.87. The molecule has 0 unspecified atom stereocenters. The molecule has 130 valence electrons. The number of sulfonamides is 1. The van der Waals surface area contributed by atoms with Gasteiger partial charge in [0.25, 0.3) is 10.0 Å². The normalized spacial score (nSPS) is 13.6. The zero-order valence-corrected chi connectivity index (χ0v) is 15.1. The summed E-state index contributed by atoms with van der Waals surface area (Å²) < 4.78 is 33.1. The predicted octanol–water partition coefficient (Wildman–Crippen LogP) is 3.27. The molecule has 3 aromatic rings. The molecule has 0 aliphatic carbocycles. The first-order valence-corrected chi connectivity index (χ1v) is 10.1. The highest BCUT2D eigenvalue weighted by molar-refractivity contribution is 7.92. The third kappa shape index (κ3) is 2.81. The molecule has 6 nitrogen and oxygen atoms in total. The first-order chi connectivity index (χ1) is 12.6. The maximum Gasteiger partial charge on any atom is 0.264 e. The van der Waals surface area contributed by atoms with Gasteiger partial charge < -0.3 is 4.74 Å². The summed E-state index contributed by atoms with van der Waals surface area (Å²) in [4.78, 5) is 4.48. The van der Waals surface area contributed by atoms with Crippen molar-refractivity contribution in [3.63, 3.8) is 0 Å². The minimum atomic E-state index is -3.69. The second-order valence-corrected chi connectivity index (χ2v) is 8.29. The number of anilines is 1. The smallest absolute Gasteiger partial charge is 0.264 e. The van der Waals surface area contributed by atoms with E-state index in [0.717, 1.165) is 5.56 Å². The molecule has 1 aliphatic heterocycles. The molecule has 0 N–H and O–H groups in total. The summed E-state index contributed by atoms with van der Waals surface area (Å²) in [6, 6.07) is 15.6. The number of fused-ring (bicyclic) bond motifs is 1. The number of hydrogen-bond donors (Lipinski definition) is 0. The highest BCUT2D eigenvalue weighted by Crippen LogP contribution is 2.38. The van der Waals surface area contributed by atoms with Crippen LogP contribution in [0.5, 0.6) is 5.75 Å². The Balaban J connectivity index is 1.80. The summed E-state index contributed by atoms with van der Waals surface area (Å²) in [6.45, 7) is 0.516. The van der Waals surface area contributed by atoms with Crippen molar-refractivity contribution in [2.75, 3.05) is 17.5 Å². The molecule has 1 aliphatic rings. The number of aromatic nitrogens is 1. The van der Waals surface area contributed by atoms with E-state index in [4.69, 9.17) is 10.00 Å². The largest absolute Gasteiger partial charge is 0.489 e. The van der Waals surface area contributed by atoms with Crippen molar-refractivity contribution >= 4 is 27.0 Å². The molecule has 1 aromatic heterocycles. The van der Waals surface area contributed by atoms with Crippen LogP contribution in [0.2, 0.25) is 0 Å². The Kier molecular flexibility index (Phi) is 4.11. The summed E-state index contributed by atoms with van der Waals surface area (Å²) in [5.74, 6) is 0.509. The molecule has 0 bridgehead atoms. The summed E-state index contributed by atoms with van der Waals surface area (Å²) in [7, 11) is -3.69. The molecule has 0 saturated carbocycles. The number of thiazole rings is 1. The van der Waals surface area contributed by atoms with Crippen LogP contribution in [0, 0.1) is 11.3 Å². The number of hydrogen-bond acceptors (Lipinski definition) is 6. The molecule has 4 rings (SSSR count). The molecule has 0 atom stereocenters. The summed E-state index contributed by atoms with van der Waals surface area (Å²) in [5, 5.41) is 11.1. The molecule has 2 aromatic carbocycles. The molecule has 0 saturated heterocycles. The van der Waals surface area contributed by atoms with E-state index in [9.17, 15) is 8.42 Å². The monoisotopic (exact) mass is 383 g/mol. The lowest BCUT2D eigenvalue weighted by molar-refractivity contribution is 0.316. The van der Waals surface area contributed by atoms with E-state index in [1.54, 1.807) is 47.8 Å². The van der Waals surface area contributed by atoms with Crippen molar-refractivity contribution in [3.8, 4) is 23.1 Å². The Morgan fingerprint density at radius 3 is 2.73 bits per heavy atom. The minimum absolute atomic E-state index is 0.230. The molecule has 0 amide bonds. The van der Waals surface area contributed by atoms with E-state index in [0.29, 0.717) is 22.1 Å². The fourth-order valence-electron chi connectivity index (χ4n) is 2.78. The van der Waals surface area contributed by atoms with E-state index in [1.807, 2.05) is 12.1 Å². The Labute approximate surface area is 155 Å². The standard InChI is InChI=1S/C18H13N3O3S2/c19-11-18-20-15(12-25-18)13-6-7-17-16(10-13)21(8-9-24-17)26(22,23)14-4-2-1-3-5-14/h1-7,10,12H,8-9H2. The van der Waals surface area contributed by atoms with Crippen molar-refractivity contribution in [1.82, 2.24) is 4.98 Å². The number of rotatable bonds is 3. The lowest BCUT2D eigenvalue weighted by atomic mass is 10.1. The molecule has 0 spiro atoms. The SMILES string of the molecule is N#Cc1nc(-c2ccc3c(c2)N(S(=O)(=O)c2ccccc2)CCO3)cs1. The van der Waals surface area contributed by atoms with E-state index >= 15 is 0 Å². The summed E-state index contributed by atoms with van der Waals surface area (Å²) in [6.07, 6.45) is 0. The number of ether oxygens (including phenoxy) is 1. The summed E-state index contributed by atoms with van der Waals surface area (Å²) >= 11 is 1.25. The lowest BCUT2D eigenvalue weighted by Gasteiger charge is -2.30. The quantitative estimate of drug-likeness (QED) is 0.693. The maximum atomic E-state index is 13.1. The highest BCUT2D eigenvalue weighted by Gasteiger charge is 2.30. The van der Waals surface area contributed by atoms with Gasteiger partial charge in [-0.25, -0.2) is 13.4 Å². The van der Waals surface area contributed by atoms with Crippen LogP contribution >= 0.6 is 11.3 Å². The van der Waals surface area contributed by atoms with Crippen LogP contribution in [0.4, 0.5) is 5.69 Å². The van der Waals surface area contributed by atoms with Crippen LogP contribution in [0.15, 0.2) is 58.8 Å². The lowest BCUT2D eigenvalue weighted by Crippen LogP contribution is -2.37. The molecule has 0 radical (unpaired) electrons. The Morgan fingerprint density at radius 2 is 2.00 bits per heavy atom. The second-order valence-electron chi connectivity index (χ2n) is 5.57. The highest BCUT2D eigenvalue weighted by atomic mass is 32.2. The van der Waals surface area contributed by atoms with Crippen molar-refractivity contribution < 1.29 is 13.2 Å². The van der Waals surface area contributed by atoms with Crippen molar-refractivity contribution in [2.45, 2.75) is 4.90 Å². The third-order valence-electron chi connectivity index (χ3n) is 4.01. The van der Waals surface area contributed by atoms with E-state index in [1.165, 1.54) is 15.6 Å². The van der Waals surface area contributed by atoms with Crippen LogP contribution in [-0.4, -0.2) is 26.6 Å². The van der Waals surface area contributed by atoms with E-state index < -0.39 is 10.0 Å². The van der Waals surface area contributed by atoms with Gasteiger partial charge in [-0.2, -0.15) is 5.26 Å². The Hall–Kier alpha value is -2.89. The van der Waals surface area contributed by atoms with Crippen LogP contribution in [0.25, 0.3) is 11.3 Å². The van der Waals surface area contributed by atoms with E-state index in [-0.39, 0.29) is 18.0 Å². The zero-order chi connectivity index (χ0) is 18.1. The predicted molar refractivity (Wildman–Crippen MR) is 98.7 cm³/mol. The Morgan fingerprint density at radius 1 is 1.19 bits per heavy atom. The second kappa shape index (κ2) is 6.44. The van der Waals surface area contributed by atoms with E-state index in [2.05, 4.69) is 4.98 Å².